The summed E-state index contributed by atoms with van der Waals surface area (Å²) in [6.07, 6.45) is 2.62. The van der Waals surface area contributed by atoms with E-state index in [1.165, 1.54) is 11.3 Å². The number of morpholine rings is 1. The van der Waals surface area contributed by atoms with Crippen LogP contribution in [0.15, 0.2) is 24.3 Å². The molecule has 0 spiro atoms. The topological polar surface area (TPSA) is 104 Å². The van der Waals surface area contributed by atoms with Crippen LogP contribution in [-0.2, 0) is 31.9 Å². The minimum atomic E-state index is -0.522. The molecule has 1 aliphatic carbocycles. The SMILES string of the molecule is COCCN(C(=O)CN1CCOC(C)C1=O)c1ccc2cc(-c3n[nH]c4c3CCC(C)(C)C4)[nH]c2c1. The highest BCUT2D eigenvalue weighted by atomic mass is 16.5. The molecule has 1 aromatic carbocycles. The molecule has 2 aliphatic rings. The molecule has 2 aromatic heterocycles. The van der Waals surface area contributed by atoms with Crippen LogP contribution in [0.2, 0.25) is 0 Å². The van der Waals surface area contributed by atoms with Crippen LogP contribution in [0.3, 0.4) is 0 Å². The molecule has 1 atom stereocenters. The zero-order valence-electron chi connectivity index (χ0n) is 21.5. The van der Waals surface area contributed by atoms with E-state index in [0.29, 0.717) is 26.3 Å². The Labute approximate surface area is 211 Å². The molecule has 0 saturated carbocycles. The molecule has 1 unspecified atom stereocenters. The molecule has 9 heteroatoms. The summed E-state index contributed by atoms with van der Waals surface area (Å²) < 4.78 is 10.7. The number of aromatic amines is 2. The number of hydrogen-bond donors (Lipinski definition) is 2. The number of carbonyl (C=O) groups is 2. The van der Waals surface area contributed by atoms with Crippen molar-refractivity contribution in [1.29, 1.82) is 0 Å². The van der Waals surface area contributed by atoms with E-state index < -0.39 is 6.10 Å². The van der Waals surface area contributed by atoms with Crippen molar-refractivity contribution in [1.82, 2.24) is 20.1 Å². The van der Waals surface area contributed by atoms with E-state index in [9.17, 15) is 9.59 Å². The van der Waals surface area contributed by atoms with Gasteiger partial charge in [-0.25, -0.2) is 0 Å². The third-order valence-electron chi connectivity index (χ3n) is 7.37. The Hall–Kier alpha value is -3.17. The van der Waals surface area contributed by atoms with E-state index in [1.807, 2.05) is 18.2 Å². The molecule has 0 radical (unpaired) electrons. The largest absolute Gasteiger partial charge is 0.383 e. The lowest BCUT2D eigenvalue weighted by molar-refractivity contribution is -0.153. The molecule has 2 N–H and O–H groups in total. The average molecular weight is 494 g/mol. The molecular formula is C27H35N5O4. The van der Waals surface area contributed by atoms with Crippen molar-refractivity contribution < 1.29 is 19.1 Å². The van der Waals surface area contributed by atoms with Crippen molar-refractivity contribution in [2.45, 2.75) is 46.1 Å². The maximum absolute atomic E-state index is 13.3. The number of methoxy groups -OCH3 is 1. The highest BCUT2D eigenvalue weighted by Gasteiger charge is 2.31. The predicted molar refractivity (Wildman–Crippen MR) is 138 cm³/mol. The van der Waals surface area contributed by atoms with Crippen molar-refractivity contribution >= 4 is 28.4 Å². The number of anilines is 1. The fraction of sp³-hybridized carbons (Fsp3) is 0.519. The monoisotopic (exact) mass is 493 g/mol. The first-order valence-electron chi connectivity index (χ1n) is 12.6. The zero-order chi connectivity index (χ0) is 25.4. The Morgan fingerprint density at radius 3 is 2.97 bits per heavy atom. The summed E-state index contributed by atoms with van der Waals surface area (Å²) in [5.74, 6) is -0.305. The fourth-order valence-corrected chi connectivity index (χ4v) is 5.24. The van der Waals surface area contributed by atoms with E-state index in [1.54, 1.807) is 23.8 Å². The molecule has 3 heterocycles. The number of nitrogens with one attached hydrogen (secondary N) is 2. The maximum atomic E-state index is 13.3. The number of aromatic nitrogens is 3. The molecule has 1 fully saturated rings. The van der Waals surface area contributed by atoms with E-state index >= 15 is 0 Å². The molecule has 0 bridgehead atoms. The van der Waals surface area contributed by atoms with E-state index in [-0.39, 0.29) is 23.8 Å². The van der Waals surface area contributed by atoms with Crippen molar-refractivity contribution in [2.75, 3.05) is 44.9 Å². The van der Waals surface area contributed by atoms with Crippen molar-refractivity contribution in [3.8, 4) is 11.4 Å². The number of nitrogens with zero attached hydrogens (tertiary/aromatic N) is 3. The lowest BCUT2D eigenvalue weighted by Gasteiger charge is -2.32. The number of rotatable bonds is 7. The van der Waals surface area contributed by atoms with Gasteiger partial charge in [0.15, 0.2) is 0 Å². The number of carbonyl (C=O) groups excluding carboxylic acids is 2. The van der Waals surface area contributed by atoms with Crippen LogP contribution in [0.1, 0.15) is 38.4 Å². The van der Waals surface area contributed by atoms with Crippen LogP contribution in [-0.4, -0.2) is 78.0 Å². The second kappa shape index (κ2) is 9.71. The molecule has 1 aliphatic heterocycles. The van der Waals surface area contributed by atoms with Gasteiger partial charge in [-0.15, -0.1) is 0 Å². The normalized spacial score (nSPS) is 19.5. The Bertz CT molecular complexity index is 1280. The Morgan fingerprint density at radius 2 is 2.17 bits per heavy atom. The zero-order valence-corrected chi connectivity index (χ0v) is 21.5. The standard InChI is InChI=1S/C27H35N5O4/c1-17-26(34)31(9-12-36-17)16-24(33)32(10-11-35-4)19-6-5-18-13-22(28-21(18)14-19)25-20-7-8-27(2,3)15-23(20)29-30-25/h5-6,13-14,17,28H,7-12,15-16H2,1-4H3,(H,29,30). The first kappa shape index (κ1) is 24.5. The van der Waals surface area contributed by atoms with Crippen LogP contribution < -0.4 is 4.90 Å². The molecule has 5 rings (SSSR count). The van der Waals surface area contributed by atoms with Crippen LogP contribution in [0.25, 0.3) is 22.3 Å². The van der Waals surface area contributed by atoms with Crippen molar-refractivity contribution in [3.05, 3.63) is 35.5 Å². The lowest BCUT2D eigenvalue weighted by atomic mass is 9.76. The molecule has 3 aromatic rings. The molecule has 36 heavy (non-hydrogen) atoms. The van der Waals surface area contributed by atoms with E-state index in [4.69, 9.17) is 9.47 Å². The highest BCUT2D eigenvalue weighted by Crippen LogP contribution is 2.38. The van der Waals surface area contributed by atoms with Gasteiger partial charge in [0.2, 0.25) is 5.91 Å². The predicted octanol–water partition coefficient (Wildman–Crippen LogP) is 3.30. The quantitative estimate of drug-likeness (QED) is 0.526. The van der Waals surface area contributed by atoms with Crippen LogP contribution in [0.5, 0.6) is 0 Å². The number of hydrogen-bond acceptors (Lipinski definition) is 5. The lowest BCUT2D eigenvalue weighted by Crippen LogP contribution is -2.51. The third-order valence-corrected chi connectivity index (χ3v) is 7.37. The third kappa shape index (κ3) is 4.77. The Kier molecular flexibility index (Phi) is 6.61. The van der Waals surface area contributed by atoms with Gasteiger partial charge in [-0.2, -0.15) is 5.10 Å². The van der Waals surface area contributed by atoms with Gasteiger partial charge in [-0.1, -0.05) is 19.9 Å². The minimum absolute atomic E-state index is 0.0139. The van der Waals surface area contributed by atoms with Gasteiger partial charge in [0, 0.05) is 48.0 Å². The number of benzene rings is 1. The molecule has 192 valence electrons. The maximum Gasteiger partial charge on any atom is 0.251 e. The first-order chi connectivity index (χ1) is 17.3. The van der Waals surface area contributed by atoms with Crippen molar-refractivity contribution in [3.63, 3.8) is 0 Å². The second-order valence-electron chi connectivity index (χ2n) is 10.6. The van der Waals surface area contributed by atoms with Gasteiger partial charge < -0.3 is 24.3 Å². The van der Waals surface area contributed by atoms with Gasteiger partial charge in [-0.05, 0) is 49.8 Å². The minimum Gasteiger partial charge on any atom is -0.383 e. The molecule has 2 amide bonds. The van der Waals surface area contributed by atoms with Crippen LogP contribution in [0.4, 0.5) is 5.69 Å². The van der Waals surface area contributed by atoms with Gasteiger partial charge in [0.05, 0.1) is 18.9 Å². The van der Waals surface area contributed by atoms with E-state index in [0.717, 1.165) is 47.2 Å². The van der Waals surface area contributed by atoms with Crippen LogP contribution in [0, 0.1) is 5.41 Å². The smallest absolute Gasteiger partial charge is 0.251 e. The summed E-state index contributed by atoms with van der Waals surface area (Å²) in [5, 5.41) is 8.96. The van der Waals surface area contributed by atoms with Gasteiger partial charge >= 0.3 is 0 Å². The summed E-state index contributed by atoms with van der Waals surface area (Å²) in [6.45, 7) is 7.96. The Balaban J connectivity index is 1.41. The van der Waals surface area contributed by atoms with Gasteiger partial charge in [0.1, 0.15) is 18.3 Å². The summed E-state index contributed by atoms with van der Waals surface area (Å²) in [7, 11) is 1.61. The summed E-state index contributed by atoms with van der Waals surface area (Å²) in [6, 6.07) is 8.06. The number of amides is 2. The van der Waals surface area contributed by atoms with Crippen LogP contribution >= 0.6 is 0 Å². The fourth-order valence-electron chi connectivity index (χ4n) is 5.24. The summed E-state index contributed by atoms with van der Waals surface area (Å²) in [4.78, 5) is 32.6. The molecular weight excluding hydrogens is 458 g/mol. The van der Waals surface area contributed by atoms with E-state index in [2.05, 4.69) is 35.1 Å². The highest BCUT2D eigenvalue weighted by molar-refractivity contribution is 5.99. The molecule has 1 saturated heterocycles. The number of H-pyrrole nitrogens is 2. The van der Waals surface area contributed by atoms with Gasteiger partial charge in [0.25, 0.3) is 5.91 Å². The van der Waals surface area contributed by atoms with Crippen molar-refractivity contribution in [2.24, 2.45) is 5.41 Å². The molecule has 9 nitrogen and oxygen atoms in total. The average Bonchev–Trinajstić information content (AvgIpc) is 3.44. The second-order valence-corrected chi connectivity index (χ2v) is 10.6. The first-order valence-corrected chi connectivity index (χ1v) is 12.6. The summed E-state index contributed by atoms with van der Waals surface area (Å²) in [5.41, 5.74) is 6.45. The number of fused-ring (bicyclic) bond motifs is 2. The summed E-state index contributed by atoms with van der Waals surface area (Å²) >= 11 is 0. The van der Waals surface area contributed by atoms with Gasteiger partial charge in [-0.3, -0.25) is 14.7 Å². The number of ether oxygens (including phenoxy) is 2. The Morgan fingerprint density at radius 1 is 1.33 bits per heavy atom.